The summed E-state index contributed by atoms with van der Waals surface area (Å²) in [6.45, 7) is 0. The third-order valence-electron chi connectivity index (χ3n) is 2.65. The Balaban J connectivity index is 2.27. The van der Waals surface area contributed by atoms with Gasteiger partial charge in [0.25, 0.3) is 0 Å². The minimum absolute atomic E-state index is 0.165. The number of allylic oxidation sites excluding steroid dienone is 1. The van der Waals surface area contributed by atoms with Crippen LogP contribution in [-0.2, 0) is 9.47 Å². The fraction of sp³-hybridized carbons (Fsp3) is 0.818. The van der Waals surface area contributed by atoms with Crippen molar-refractivity contribution in [2.75, 3.05) is 14.2 Å². The average molecular weight is 184 g/mol. The van der Waals surface area contributed by atoms with E-state index < -0.39 is 0 Å². The van der Waals surface area contributed by atoms with E-state index in [0.717, 1.165) is 5.92 Å². The van der Waals surface area contributed by atoms with Gasteiger partial charge in [-0.3, -0.25) is 0 Å². The lowest BCUT2D eigenvalue weighted by Crippen LogP contribution is -2.10. The maximum Gasteiger partial charge on any atom is 0.176 e. The Kier molecular flexibility index (Phi) is 5.09. The van der Waals surface area contributed by atoms with Crippen molar-refractivity contribution in [2.24, 2.45) is 5.92 Å². The van der Waals surface area contributed by atoms with Crippen molar-refractivity contribution in [3.05, 3.63) is 12.2 Å². The first kappa shape index (κ1) is 10.7. The molecule has 0 radical (unpaired) electrons. The Morgan fingerprint density at radius 1 is 1.08 bits per heavy atom. The fourth-order valence-electron chi connectivity index (χ4n) is 1.83. The minimum Gasteiger partial charge on any atom is -0.352 e. The molecule has 13 heavy (non-hydrogen) atoms. The molecule has 0 N–H and O–H groups in total. The van der Waals surface area contributed by atoms with Crippen LogP contribution in [0.25, 0.3) is 0 Å². The van der Waals surface area contributed by atoms with Gasteiger partial charge >= 0.3 is 0 Å². The maximum atomic E-state index is 5.08. The molecule has 2 heteroatoms. The van der Waals surface area contributed by atoms with Gasteiger partial charge in [-0.05, 0) is 24.8 Å². The lowest BCUT2D eigenvalue weighted by atomic mass is 9.89. The topological polar surface area (TPSA) is 18.5 Å². The van der Waals surface area contributed by atoms with E-state index in [0.29, 0.717) is 0 Å². The zero-order chi connectivity index (χ0) is 9.52. The molecule has 0 aromatic carbocycles. The molecule has 0 atom stereocenters. The summed E-state index contributed by atoms with van der Waals surface area (Å²) in [7, 11) is 3.33. The largest absolute Gasteiger partial charge is 0.352 e. The van der Waals surface area contributed by atoms with Crippen LogP contribution < -0.4 is 0 Å². The summed E-state index contributed by atoms with van der Waals surface area (Å²) in [6.07, 6.45) is 10.9. The van der Waals surface area contributed by atoms with Crippen LogP contribution in [0.3, 0.4) is 0 Å². The van der Waals surface area contributed by atoms with Crippen molar-refractivity contribution in [1.29, 1.82) is 0 Å². The van der Waals surface area contributed by atoms with E-state index in [9.17, 15) is 0 Å². The SMILES string of the molecule is COC(/C=C/C1CCCCC1)OC. The van der Waals surface area contributed by atoms with Crippen LogP contribution >= 0.6 is 0 Å². The third kappa shape index (κ3) is 3.92. The molecule has 0 aromatic rings. The molecule has 1 aliphatic rings. The Morgan fingerprint density at radius 2 is 1.69 bits per heavy atom. The van der Waals surface area contributed by atoms with Crippen molar-refractivity contribution in [3.8, 4) is 0 Å². The highest BCUT2D eigenvalue weighted by atomic mass is 16.7. The van der Waals surface area contributed by atoms with E-state index in [2.05, 4.69) is 6.08 Å². The van der Waals surface area contributed by atoms with Crippen LogP contribution in [-0.4, -0.2) is 20.5 Å². The smallest absolute Gasteiger partial charge is 0.176 e. The molecule has 0 amide bonds. The van der Waals surface area contributed by atoms with Crippen LogP contribution in [0.4, 0.5) is 0 Å². The molecule has 0 unspecified atom stereocenters. The van der Waals surface area contributed by atoms with Gasteiger partial charge in [0.1, 0.15) is 0 Å². The second kappa shape index (κ2) is 6.17. The number of ether oxygens (including phenoxy) is 2. The molecule has 0 bridgehead atoms. The minimum atomic E-state index is -0.165. The van der Waals surface area contributed by atoms with E-state index in [1.54, 1.807) is 14.2 Å². The number of rotatable bonds is 4. The van der Waals surface area contributed by atoms with Crippen molar-refractivity contribution >= 4 is 0 Å². The Morgan fingerprint density at radius 3 is 2.23 bits per heavy atom. The van der Waals surface area contributed by atoms with Crippen LogP contribution in [0.5, 0.6) is 0 Å². The molecular weight excluding hydrogens is 164 g/mol. The standard InChI is InChI=1S/C11H20O2/c1-12-11(13-2)9-8-10-6-4-3-5-7-10/h8-11H,3-7H2,1-2H3/b9-8+. The lowest BCUT2D eigenvalue weighted by molar-refractivity contribution is -0.0669. The van der Waals surface area contributed by atoms with Gasteiger partial charge in [-0.15, -0.1) is 0 Å². The van der Waals surface area contributed by atoms with Crippen molar-refractivity contribution in [3.63, 3.8) is 0 Å². The first-order valence-corrected chi connectivity index (χ1v) is 5.10. The van der Waals surface area contributed by atoms with Gasteiger partial charge < -0.3 is 9.47 Å². The predicted octanol–water partition coefficient (Wildman–Crippen LogP) is 2.74. The van der Waals surface area contributed by atoms with E-state index >= 15 is 0 Å². The molecule has 76 valence electrons. The second-order valence-electron chi connectivity index (χ2n) is 3.62. The van der Waals surface area contributed by atoms with Crippen LogP contribution in [0.1, 0.15) is 32.1 Å². The molecule has 0 heterocycles. The summed E-state index contributed by atoms with van der Waals surface area (Å²) in [4.78, 5) is 0. The molecule has 1 saturated carbocycles. The summed E-state index contributed by atoms with van der Waals surface area (Å²) in [5, 5.41) is 0. The van der Waals surface area contributed by atoms with E-state index in [4.69, 9.17) is 9.47 Å². The highest BCUT2D eigenvalue weighted by Gasteiger charge is 2.10. The molecule has 1 rings (SSSR count). The molecule has 1 aliphatic carbocycles. The highest BCUT2D eigenvalue weighted by Crippen LogP contribution is 2.24. The van der Waals surface area contributed by atoms with Gasteiger partial charge in [0, 0.05) is 14.2 Å². The maximum absolute atomic E-state index is 5.08. The molecule has 1 fully saturated rings. The van der Waals surface area contributed by atoms with Gasteiger partial charge in [0.2, 0.25) is 0 Å². The monoisotopic (exact) mass is 184 g/mol. The van der Waals surface area contributed by atoms with Gasteiger partial charge in [0.15, 0.2) is 6.29 Å². The number of methoxy groups -OCH3 is 2. The molecule has 0 aromatic heterocycles. The fourth-order valence-corrected chi connectivity index (χ4v) is 1.83. The molecular formula is C11H20O2. The first-order valence-electron chi connectivity index (χ1n) is 5.10. The first-order chi connectivity index (χ1) is 6.36. The zero-order valence-electron chi connectivity index (χ0n) is 8.66. The average Bonchev–Trinajstić information content (AvgIpc) is 2.21. The summed E-state index contributed by atoms with van der Waals surface area (Å²) in [6, 6.07) is 0. The predicted molar refractivity (Wildman–Crippen MR) is 53.5 cm³/mol. The highest BCUT2D eigenvalue weighted by molar-refractivity contribution is 4.91. The Bertz CT molecular complexity index is 144. The van der Waals surface area contributed by atoms with Crippen LogP contribution in [0, 0.1) is 5.92 Å². The van der Waals surface area contributed by atoms with Crippen LogP contribution in [0.2, 0.25) is 0 Å². The van der Waals surface area contributed by atoms with Gasteiger partial charge in [-0.1, -0.05) is 25.3 Å². The van der Waals surface area contributed by atoms with E-state index in [1.807, 2.05) is 6.08 Å². The lowest BCUT2D eigenvalue weighted by Gasteiger charge is -2.18. The van der Waals surface area contributed by atoms with Crippen molar-refractivity contribution in [1.82, 2.24) is 0 Å². The zero-order valence-corrected chi connectivity index (χ0v) is 8.66. The van der Waals surface area contributed by atoms with Crippen molar-refractivity contribution < 1.29 is 9.47 Å². The van der Waals surface area contributed by atoms with Gasteiger partial charge in [0.05, 0.1) is 0 Å². The second-order valence-corrected chi connectivity index (χ2v) is 3.62. The molecule has 0 aliphatic heterocycles. The normalized spacial score (nSPS) is 20.2. The summed E-state index contributed by atoms with van der Waals surface area (Å²) in [5.41, 5.74) is 0. The van der Waals surface area contributed by atoms with Gasteiger partial charge in [-0.25, -0.2) is 0 Å². The Labute approximate surface area is 80.9 Å². The van der Waals surface area contributed by atoms with E-state index in [1.165, 1.54) is 32.1 Å². The number of hydrogen-bond acceptors (Lipinski definition) is 2. The van der Waals surface area contributed by atoms with E-state index in [-0.39, 0.29) is 6.29 Å². The van der Waals surface area contributed by atoms with Crippen molar-refractivity contribution in [2.45, 2.75) is 38.4 Å². The number of hydrogen-bond donors (Lipinski definition) is 0. The Hall–Kier alpha value is -0.340. The van der Waals surface area contributed by atoms with Gasteiger partial charge in [-0.2, -0.15) is 0 Å². The molecule has 2 nitrogen and oxygen atoms in total. The quantitative estimate of drug-likeness (QED) is 0.494. The molecule has 0 saturated heterocycles. The summed E-state index contributed by atoms with van der Waals surface area (Å²) >= 11 is 0. The summed E-state index contributed by atoms with van der Waals surface area (Å²) < 4.78 is 10.2. The van der Waals surface area contributed by atoms with Crippen LogP contribution in [0.15, 0.2) is 12.2 Å². The molecule has 0 spiro atoms. The third-order valence-corrected chi connectivity index (χ3v) is 2.65. The summed E-state index contributed by atoms with van der Waals surface area (Å²) in [5.74, 6) is 0.751.